The summed E-state index contributed by atoms with van der Waals surface area (Å²) >= 11 is 6.36. The summed E-state index contributed by atoms with van der Waals surface area (Å²) in [5.41, 5.74) is 4.76. The Balaban J connectivity index is 1.58. The fourth-order valence-corrected chi connectivity index (χ4v) is 4.11. The van der Waals surface area contributed by atoms with Gasteiger partial charge in [0.1, 0.15) is 5.02 Å². The van der Waals surface area contributed by atoms with Gasteiger partial charge in [0.2, 0.25) is 11.9 Å². The van der Waals surface area contributed by atoms with E-state index in [9.17, 15) is 4.79 Å². The lowest BCUT2D eigenvalue weighted by atomic mass is 10.1. The SMILES string of the molecule is CCN1C(=O)CCCc2ccc(Nc3ncc(Cl)c(Nc4ccccc4CCC#N)n3)cc21. The van der Waals surface area contributed by atoms with Gasteiger partial charge in [-0.3, -0.25) is 4.79 Å². The van der Waals surface area contributed by atoms with Crippen LogP contribution in [0.1, 0.15) is 37.3 Å². The van der Waals surface area contributed by atoms with Gasteiger partial charge < -0.3 is 15.5 Å². The molecule has 0 fully saturated rings. The second kappa shape index (κ2) is 10.3. The highest BCUT2D eigenvalue weighted by molar-refractivity contribution is 6.32. The van der Waals surface area contributed by atoms with Crippen molar-refractivity contribution in [3.05, 3.63) is 64.8 Å². The lowest BCUT2D eigenvalue weighted by Gasteiger charge is -2.22. The van der Waals surface area contributed by atoms with Crippen LogP contribution in [0.2, 0.25) is 5.02 Å². The number of hydrogen-bond donors (Lipinski definition) is 2. The lowest BCUT2D eigenvalue weighted by Crippen LogP contribution is -2.29. The summed E-state index contributed by atoms with van der Waals surface area (Å²) in [7, 11) is 0. The minimum Gasteiger partial charge on any atom is -0.339 e. The number of para-hydroxylation sites is 1. The second-order valence-corrected chi connectivity index (χ2v) is 8.20. The van der Waals surface area contributed by atoms with Gasteiger partial charge in [-0.2, -0.15) is 10.2 Å². The van der Waals surface area contributed by atoms with E-state index in [0.717, 1.165) is 35.5 Å². The lowest BCUT2D eigenvalue weighted by molar-refractivity contribution is -0.118. The molecule has 0 bridgehead atoms. The number of benzene rings is 2. The maximum absolute atomic E-state index is 12.5. The van der Waals surface area contributed by atoms with Gasteiger partial charge in [-0.25, -0.2) is 4.98 Å². The van der Waals surface area contributed by atoms with E-state index in [1.165, 1.54) is 5.56 Å². The zero-order valence-corrected chi connectivity index (χ0v) is 19.2. The van der Waals surface area contributed by atoms with Crippen LogP contribution in [0.15, 0.2) is 48.7 Å². The number of carbonyl (C=O) groups excluding carboxylic acids is 1. The summed E-state index contributed by atoms with van der Waals surface area (Å²) in [5.74, 6) is 1.01. The second-order valence-electron chi connectivity index (χ2n) is 7.79. The van der Waals surface area contributed by atoms with Crippen LogP contribution in [0.5, 0.6) is 0 Å². The van der Waals surface area contributed by atoms with E-state index < -0.39 is 0 Å². The Morgan fingerprint density at radius 3 is 2.85 bits per heavy atom. The molecular weight excluding hydrogens is 436 g/mol. The minimum absolute atomic E-state index is 0.151. The summed E-state index contributed by atoms with van der Waals surface area (Å²) < 4.78 is 0. The molecule has 0 atom stereocenters. The van der Waals surface area contributed by atoms with Crippen LogP contribution in [0, 0.1) is 11.3 Å². The molecule has 33 heavy (non-hydrogen) atoms. The highest BCUT2D eigenvalue weighted by atomic mass is 35.5. The van der Waals surface area contributed by atoms with Gasteiger partial charge >= 0.3 is 0 Å². The van der Waals surface area contributed by atoms with E-state index in [4.69, 9.17) is 16.9 Å². The first kappa shape index (κ1) is 22.6. The standard InChI is InChI=1S/C25H25ClN6O/c1-2-32-22-15-19(13-12-18(22)8-5-11-23(32)33)29-25-28-16-20(26)24(31-25)30-21-10-4-3-7-17(21)9-6-14-27/h3-4,7,10,12-13,15-16H,2,5-6,8-9,11H2,1H3,(H2,28,29,30,31). The molecule has 0 saturated heterocycles. The predicted molar refractivity (Wildman–Crippen MR) is 131 cm³/mol. The smallest absolute Gasteiger partial charge is 0.229 e. The Kier molecular flexibility index (Phi) is 7.06. The molecule has 168 valence electrons. The fourth-order valence-electron chi connectivity index (χ4n) is 3.97. The maximum atomic E-state index is 12.5. The fraction of sp³-hybridized carbons (Fsp3) is 0.280. The van der Waals surface area contributed by atoms with E-state index >= 15 is 0 Å². The molecule has 2 heterocycles. The van der Waals surface area contributed by atoms with Crippen LogP contribution >= 0.6 is 11.6 Å². The molecule has 7 nitrogen and oxygen atoms in total. The molecule has 1 aliphatic heterocycles. The van der Waals surface area contributed by atoms with Crippen molar-refractivity contribution in [1.82, 2.24) is 9.97 Å². The summed E-state index contributed by atoms with van der Waals surface area (Å²) in [4.78, 5) is 23.2. The number of nitrogens with one attached hydrogen (secondary N) is 2. The van der Waals surface area contributed by atoms with Crippen LogP contribution in [-0.2, 0) is 17.6 Å². The molecule has 0 spiro atoms. The van der Waals surface area contributed by atoms with Crippen molar-refractivity contribution in [2.24, 2.45) is 0 Å². The Labute approximate surface area is 198 Å². The first-order valence-electron chi connectivity index (χ1n) is 11.0. The van der Waals surface area contributed by atoms with Crippen molar-refractivity contribution in [1.29, 1.82) is 5.26 Å². The summed E-state index contributed by atoms with van der Waals surface area (Å²) in [5, 5.41) is 15.8. The Morgan fingerprint density at radius 1 is 1.18 bits per heavy atom. The average Bonchev–Trinajstić information content (AvgIpc) is 2.98. The number of nitriles is 1. The van der Waals surface area contributed by atoms with E-state index in [-0.39, 0.29) is 5.91 Å². The van der Waals surface area contributed by atoms with Gasteiger partial charge in [-0.15, -0.1) is 0 Å². The maximum Gasteiger partial charge on any atom is 0.229 e. The van der Waals surface area contributed by atoms with Crippen molar-refractivity contribution >= 4 is 46.3 Å². The van der Waals surface area contributed by atoms with Gasteiger partial charge in [0.05, 0.1) is 12.3 Å². The van der Waals surface area contributed by atoms with E-state index in [0.29, 0.717) is 42.6 Å². The Bertz CT molecular complexity index is 1210. The van der Waals surface area contributed by atoms with Crippen LogP contribution in [0.25, 0.3) is 0 Å². The van der Waals surface area contributed by atoms with Crippen molar-refractivity contribution in [2.75, 3.05) is 22.1 Å². The van der Waals surface area contributed by atoms with Gasteiger partial charge in [-0.1, -0.05) is 35.9 Å². The van der Waals surface area contributed by atoms with Crippen LogP contribution in [-0.4, -0.2) is 22.4 Å². The van der Waals surface area contributed by atoms with Crippen LogP contribution in [0.4, 0.5) is 28.8 Å². The molecule has 2 aromatic carbocycles. The normalized spacial score (nSPS) is 13.1. The molecule has 0 saturated carbocycles. The van der Waals surface area contributed by atoms with E-state index in [2.05, 4.69) is 32.7 Å². The van der Waals surface area contributed by atoms with Gasteiger partial charge in [-0.05, 0) is 55.5 Å². The van der Waals surface area contributed by atoms with Crippen molar-refractivity contribution in [3.63, 3.8) is 0 Å². The molecule has 8 heteroatoms. The Hall–Kier alpha value is -3.63. The van der Waals surface area contributed by atoms with Crippen LogP contribution < -0.4 is 15.5 Å². The summed E-state index contributed by atoms with van der Waals surface area (Å²) in [6.07, 6.45) is 4.92. The molecule has 0 aliphatic carbocycles. The van der Waals surface area contributed by atoms with Crippen molar-refractivity contribution in [3.8, 4) is 6.07 Å². The van der Waals surface area contributed by atoms with Crippen molar-refractivity contribution in [2.45, 2.75) is 39.0 Å². The zero-order valence-electron chi connectivity index (χ0n) is 18.4. The number of halogens is 1. The highest BCUT2D eigenvalue weighted by Crippen LogP contribution is 2.32. The quantitative estimate of drug-likeness (QED) is 0.465. The number of nitrogens with zero attached hydrogens (tertiary/aromatic N) is 4. The number of amides is 1. The zero-order chi connectivity index (χ0) is 23.2. The molecular formula is C25H25ClN6O. The third kappa shape index (κ3) is 5.24. The van der Waals surface area contributed by atoms with E-state index in [1.807, 2.05) is 48.2 Å². The molecule has 1 aliphatic rings. The number of carbonyl (C=O) groups is 1. The van der Waals surface area contributed by atoms with Gasteiger partial charge in [0, 0.05) is 36.4 Å². The third-order valence-corrected chi connectivity index (χ3v) is 5.88. The van der Waals surface area contributed by atoms with Gasteiger partial charge in [0.15, 0.2) is 5.82 Å². The van der Waals surface area contributed by atoms with E-state index in [1.54, 1.807) is 6.20 Å². The number of aromatic nitrogens is 2. The molecule has 0 radical (unpaired) electrons. The molecule has 1 aromatic heterocycles. The number of rotatable bonds is 7. The third-order valence-electron chi connectivity index (χ3n) is 5.61. The van der Waals surface area contributed by atoms with Gasteiger partial charge in [0.25, 0.3) is 0 Å². The molecule has 1 amide bonds. The van der Waals surface area contributed by atoms with Crippen LogP contribution in [0.3, 0.4) is 0 Å². The predicted octanol–water partition coefficient (Wildman–Crippen LogP) is 5.76. The highest BCUT2D eigenvalue weighted by Gasteiger charge is 2.21. The molecule has 3 aromatic rings. The number of hydrogen-bond acceptors (Lipinski definition) is 6. The monoisotopic (exact) mass is 460 g/mol. The molecule has 2 N–H and O–H groups in total. The topological polar surface area (TPSA) is 93.9 Å². The largest absolute Gasteiger partial charge is 0.339 e. The number of anilines is 5. The first-order valence-corrected chi connectivity index (χ1v) is 11.4. The molecule has 4 rings (SSSR count). The number of fused-ring (bicyclic) bond motifs is 1. The number of aryl methyl sites for hydroxylation is 2. The van der Waals surface area contributed by atoms with Crippen molar-refractivity contribution < 1.29 is 4.79 Å². The Morgan fingerprint density at radius 2 is 2.03 bits per heavy atom. The average molecular weight is 461 g/mol. The first-order chi connectivity index (χ1) is 16.1. The summed E-state index contributed by atoms with van der Waals surface area (Å²) in [6, 6.07) is 16.0. The minimum atomic E-state index is 0.151. The molecule has 0 unspecified atom stereocenters. The summed E-state index contributed by atoms with van der Waals surface area (Å²) in [6.45, 7) is 2.62.